The lowest BCUT2D eigenvalue weighted by molar-refractivity contribution is 0.0697. The monoisotopic (exact) mass is 354 g/mol. The number of nitrogens with zero attached hydrogens (tertiary/aromatic N) is 2. The van der Waals surface area contributed by atoms with Gasteiger partial charge >= 0.3 is 5.97 Å². The van der Waals surface area contributed by atoms with Gasteiger partial charge in [0.05, 0.1) is 11.1 Å². The highest BCUT2D eigenvalue weighted by Crippen LogP contribution is 2.29. The molecule has 4 nitrogen and oxygen atoms in total. The van der Waals surface area contributed by atoms with Gasteiger partial charge in [0, 0.05) is 28.8 Å². The van der Waals surface area contributed by atoms with Crippen molar-refractivity contribution >= 4 is 28.5 Å². The summed E-state index contributed by atoms with van der Waals surface area (Å²) in [6.45, 7) is 3.19. The third-order valence-electron chi connectivity index (χ3n) is 4.83. The maximum atomic E-state index is 11.1. The van der Waals surface area contributed by atoms with E-state index < -0.39 is 5.97 Å². The Hall–Kier alpha value is -2.30. The molecule has 25 heavy (non-hydrogen) atoms. The second-order valence-electron chi connectivity index (χ2n) is 6.52. The van der Waals surface area contributed by atoms with Crippen molar-refractivity contribution in [2.45, 2.75) is 19.4 Å². The molecule has 1 aliphatic rings. The molecule has 0 atom stereocenters. The number of carbonyl (C=O) groups is 1. The van der Waals surface area contributed by atoms with Gasteiger partial charge in [-0.1, -0.05) is 11.6 Å². The van der Waals surface area contributed by atoms with E-state index >= 15 is 0 Å². The van der Waals surface area contributed by atoms with E-state index in [2.05, 4.69) is 15.7 Å². The summed E-state index contributed by atoms with van der Waals surface area (Å²) in [6.07, 6.45) is 4.67. The minimum atomic E-state index is -0.912. The molecule has 0 spiro atoms. The smallest absolute Gasteiger partial charge is 0.335 e. The third-order valence-corrected chi connectivity index (χ3v) is 5.07. The van der Waals surface area contributed by atoms with Crippen LogP contribution in [-0.4, -0.2) is 33.6 Å². The van der Waals surface area contributed by atoms with E-state index in [-0.39, 0.29) is 0 Å². The topological polar surface area (TPSA) is 45.5 Å². The second kappa shape index (κ2) is 6.54. The highest BCUT2D eigenvalue weighted by atomic mass is 35.5. The van der Waals surface area contributed by atoms with Crippen molar-refractivity contribution in [3.63, 3.8) is 0 Å². The van der Waals surface area contributed by atoms with Gasteiger partial charge in [-0.3, -0.25) is 4.90 Å². The summed E-state index contributed by atoms with van der Waals surface area (Å²) in [6, 6.07) is 12.9. The number of halogens is 1. The molecule has 1 aromatic heterocycles. The first kappa shape index (κ1) is 16.2. The summed E-state index contributed by atoms with van der Waals surface area (Å²) in [7, 11) is 0. The van der Waals surface area contributed by atoms with Crippen LogP contribution in [-0.2, 0) is 6.54 Å². The standard InChI is InChI=1S/C20H19ClN2O2/c21-16-5-8-19-18(11-16)15(12-22-9-1-2-10-22)13-23(19)17-6-3-14(4-7-17)20(24)25/h3-8,11,13H,1-2,9-10,12H2,(H,24,25). The molecule has 3 aromatic rings. The quantitative estimate of drug-likeness (QED) is 0.746. The summed E-state index contributed by atoms with van der Waals surface area (Å²) < 4.78 is 2.11. The number of hydrogen-bond donors (Lipinski definition) is 1. The number of benzene rings is 2. The summed E-state index contributed by atoms with van der Waals surface area (Å²) in [5.41, 5.74) is 3.58. The lowest BCUT2D eigenvalue weighted by Gasteiger charge is -2.13. The van der Waals surface area contributed by atoms with Crippen LogP contribution < -0.4 is 0 Å². The van der Waals surface area contributed by atoms with Crippen LogP contribution in [0.2, 0.25) is 5.02 Å². The normalized spacial score (nSPS) is 15.1. The largest absolute Gasteiger partial charge is 0.478 e. The molecule has 5 heteroatoms. The van der Waals surface area contributed by atoms with E-state index in [0.717, 1.165) is 41.2 Å². The van der Waals surface area contributed by atoms with Crippen molar-refractivity contribution in [1.82, 2.24) is 9.47 Å². The first-order chi connectivity index (χ1) is 12.1. The maximum absolute atomic E-state index is 11.1. The Bertz CT molecular complexity index is 925. The molecule has 2 aromatic carbocycles. The van der Waals surface area contributed by atoms with Gasteiger partial charge in [0.1, 0.15) is 0 Å². The molecule has 1 fully saturated rings. The summed E-state index contributed by atoms with van der Waals surface area (Å²) >= 11 is 6.23. The summed E-state index contributed by atoms with van der Waals surface area (Å²) in [5.74, 6) is -0.912. The van der Waals surface area contributed by atoms with Gasteiger partial charge in [0.15, 0.2) is 0 Å². The van der Waals surface area contributed by atoms with E-state index in [4.69, 9.17) is 16.7 Å². The Morgan fingerprint density at radius 3 is 2.48 bits per heavy atom. The van der Waals surface area contributed by atoms with Gasteiger partial charge in [-0.2, -0.15) is 0 Å². The number of carboxylic acids is 1. The van der Waals surface area contributed by atoms with Crippen LogP contribution in [0.25, 0.3) is 16.6 Å². The lowest BCUT2D eigenvalue weighted by atomic mass is 10.1. The first-order valence-corrected chi connectivity index (χ1v) is 8.85. The van der Waals surface area contributed by atoms with E-state index in [1.165, 1.54) is 18.4 Å². The van der Waals surface area contributed by atoms with Gasteiger partial charge in [-0.25, -0.2) is 4.79 Å². The number of aromatic nitrogens is 1. The molecular weight excluding hydrogens is 336 g/mol. The SMILES string of the molecule is O=C(O)c1ccc(-n2cc(CN3CCCC3)c3cc(Cl)ccc32)cc1. The zero-order chi connectivity index (χ0) is 17.4. The highest BCUT2D eigenvalue weighted by molar-refractivity contribution is 6.31. The van der Waals surface area contributed by atoms with Gasteiger partial charge in [-0.05, 0) is 74.0 Å². The van der Waals surface area contributed by atoms with Gasteiger partial charge < -0.3 is 9.67 Å². The molecule has 1 N–H and O–H groups in total. The maximum Gasteiger partial charge on any atom is 0.335 e. The minimum Gasteiger partial charge on any atom is -0.478 e. The molecule has 0 radical (unpaired) electrons. The lowest BCUT2D eigenvalue weighted by Crippen LogP contribution is -2.18. The molecule has 0 amide bonds. The van der Waals surface area contributed by atoms with E-state index in [1.54, 1.807) is 12.1 Å². The molecule has 0 saturated carbocycles. The van der Waals surface area contributed by atoms with E-state index in [1.807, 2.05) is 30.3 Å². The number of aromatic carboxylic acids is 1. The molecule has 1 saturated heterocycles. The second-order valence-corrected chi connectivity index (χ2v) is 6.96. The van der Waals surface area contributed by atoms with Crippen LogP contribution in [0.3, 0.4) is 0 Å². The fourth-order valence-corrected chi connectivity index (χ4v) is 3.73. The van der Waals surface area contributed by atoms with Crippen LogP contribution in [0.1, 0.15) is 28.8 Å². The molecule has 1 aliphatic heterocycles. The fraction of sp³-hybridized carbons (Fsp3) is 0.250. The molecule has 4 rings (SSSR count). The van der Waals surface area contributed by atoms with E-state index in [0.29, 0.717) is 5.56 Å². The average Bonchev–Trinajstić information content (AvgIpc) is 3.24. The van der Waals surface area contributed by atoms with E-state index in [9.17, 15) is 4.79 Å². The van der Waals surface area contributed by atoms with Crippen molar-refractivity contribution in [3.05, 3.63) is 64.8 Å². The molecule has 128 valence electrons. The molecule has 2 heterocycles. The van der Waals surface area contributed by atoms with Crippen LogP contribution >= 0.6 is 11.6 Å². The van der Waals surface area contributed by atoms with Crippen molar-refractivity contribution < 1.29 is 9.90 Å². The Labute approximate surface area is 151 Å². The Morgan fingerprint density at radius 1 is 1.08 bits per heavy atom. The van der Waals surface area contributed by atoms with Crippen LogP contribution in [0.5, 0.6) is 0 Å². The summed E-state index contributed by atoms with van der Waals surface area (Å²) in [5, 5.41) is 11.0. The van der Waals surface area contributed by atoms with Crippen molar-refractivity contribution in [3.8, 4) is 5.69 Å². The van der Waals surface area contributed by atoms with Crippen molar-refractivity contribution in [2.24, 2.45) is 0 Å². The molecule has 0 unspecified atom stereocenters. The number of likely N-dealkylation sites (tertiary alicyclic amines) is 1. The first-order valence-electron chi connectivity index (χ1n) is 8.47. The number of fused-ring (bicyclic) bond motifs is 1. The minimum absolute atomic E-state index is 0.292. The Kier molecular flexibility index (Phi) is 4.24. The zero-order valence-electron chi connectivity index (χ0n) is 13.8. The van der Waals surface area contributed by atoms with Gasteiger partial charge in [-0.15, -0.1) is 0 Å². The predicted molar refractivity (Wildman–Crippen MR) is 99.8 cm³/mol. The van der Waals surface area contributed by atoms with Gasteiger partial charge in [0.25, 0.3) is 0 Å². The van der Waals surface area contributed by atoms with Crippen LogP contribution in [0, 0.1) is 0 Å². The number of carboxylic acid groups (broad SMARTS) is 1. The van der Waals surface area contributed by atoms with Crippen LogP contribution in [0.4, 0.5) is 0 Å². The fourth-order valence-electron chi connectivity index (χ4n) is 3.56. The van der Waals surface area contributed by atoms with Crippen LogP contribution in [0.15, 0.2) is 48.7 Å². The third kappa shape index (κ3) is 3.15. The number of hydrogen-bond acceptors (Lipinski definition) is 2. The molecular formula is C20H19ClN2O2. The highest BCUT2D eigenvalue weighted by Gasteiger charge is 2.16. The average molecular weight is 355 g/mol. The summed E-state index contributed by atoms with van der Waals surface area (Å²) in [4.78, 5) is 13.5. The number of rotatable bonds is 4. The molecule has 0 bridgehead atoms. The Balaban J connectivity index is 1.78. The molecule has 0 aliphatic carbocycles. The van der Waals surface area contributed by atoms with Crippen molar-refractivity contribution in [2.75, 3.05) is 13.1 Å². The zero-order valence-corrected chi connectivity index (χ0v) is 14.5. The Morgan fingerprint density at radius 2 is 1.80 bits per heavy atom. The van der Waals surface area contributed by atoms with Gasteiger partial charge in [0.2, 0.25) is 0 Å². The van der Waals surface area contributed by atoms with Crippen molar-refractivity contribution in [1.29, 1.82) is 0 Å². The predicted octanol–water partition coefficient (Wildman–Crippen LogP) is 4.58.